The number of amides is 1. The van der Waals surface area contributed by atoms with Gasteiger partial charge in [0.1, 0.15) is 5.69 Å². The Hall–Kier alpha value is -4.18. The van der Waals surface area contributed by atoms with Crippen LogP contribution in [0.15, 0.2) is 59.4 Å². The van der Waals surface area contributed by atoms with Gasteiger partial charge in [-0.15, -0.1) is 0 Å². The number of nitrogens with one attached hydrogen (secondary N) is 1. The Morgan fingerprint density at radius 3 is 2.58 bits per heavy atom. The maximum atomic E-state index is 12.3. The molecule has 1 atom stereocenters. The first-order valence-electron chi connectivity index (χ1n) is 10.4. The molecule has 0 bridgehead atoms. The number of pyridine rings is 2. The molecule has 1 saturated heterocycles. The SMILES string of the molecule is Cc1ncccc1Nc1nccc(-c2cccc(-c3cc([C@]4(O)CCN(C)C4=O)on3)n2)n1. The second-order valence-corrected chi connectivity index (χ2v) is 7.85. The largest absolute Gasteiger partial charge is 0.373 e. The van der Waals surface area contributed by atoms with Crippen LogP contribution >= 0.6 is 0 Å². The van der Waals surface area contributed by atoms with E-state index in [1.165, 1.54) is 4.90 Å². The molecule has 5 heterocycles. The highest BCUT2D eigenvalue weighted by Crippen LogP contribution is 2.34. The van der Waals surface area contributed by atoms with Crippen LogP contribution in [-0.2, 0) is 10.4 Å². The summed E-state index contributed by atoms with van der Waals surface area (Å²) in [6.45, 7) is 2.35. The maximum Gasteiger partial charge on any atom is 0.262 e. The highest BCUT2D eigenvalue weighted by atomic mass is 16.5. The van der Waals surface area contributed by atoms with Crippen LogP contribution < -0.4 is 5.32 Å². The third-order valence-corrected chi connectivity index (χ3v) is 5.61. The molecule has 5 rings (SSSR count). The molecule has 0 spiro atoms. The second-order valence-electron chi connectivity index (χ2n) is 7.85. The number of likely N-dealkylation sites (tertiary alicyclic amines) is 1. The number of rotatable bonds is 5. The van der Waals surface area contributed by atoms with Gasteiger partial charge < -0.3 is 19.8 Å². The Balaban J connectivity index is 1.42. The van der Waals surface area contributed by atoms with Gasteiger partial charge in [0.25, 0.3) is 5.91 Å². The molecule has 10 heteroatoms. The summed E-state index contributed by atoms with van der Waals surface area (Å²) in [4.78, 5) is 31.6. The Morgan fingerprint density at radius 1 is 1.03 bits per heavy atom. The standard InChI is InChI=1S/C23H21N7O3/c1-14-15(7-4-10-24-14)27-22-25-11-8-18(28-22)16-5-3-6-17(26-16)19-13-20(33-29-19)23(32)9-12-30(2)21(23)31/h3-8,10-11,13,32H,9,12H2,1-2H3,(H,25,27,28)/t23-/m1/s1. The molecular weight excluding hydrogens is 422 g/mol. The van der Waals surface area contributed by atoms with Crippen molar-refractivity contribution in [3.63, 3.8) is 0 Å². The molecule has 1 aliphatic heterocycles. The monoisotopic (exact) mass is 443 g/mol. The Morgan fingerprint density at radius 2 is 1.82 bits per heavy atom. The zero-order chi connectivity index (χ0) is 23.0. The minimum Gasteiger partial charge on any atom is -0.373 e. The van der Waals surface area contributed by atoms with Gasteiger partial charge in [-0.3, -0.25) is 9.78 Å². The fraction of sp³-hybridized carbons (Fsp3) is 0.217. The topological polar surface area (TPSA) is 130 Å². The highest BCUT2D eigenvalue weighted by Gasteiger charge is 2.48. The fourth-order valence-corrected chi connectivity index (χ4v) is 3.69. The Labute approximate surface area is 189 Å². The predicted molar refractivity (Wildman–Crippen MR) is 119 cm³/mol. The van der Waals surface area contributed by atoms with Gasteiger partial charge in [0.05, 0.1) is 28.5 Å². The summed E-state index contributed by atoms with van der Waals surface area (Å²) in [5, 5.41) is 18.0. The van der Waals surface area contributed by atoms with Crippen LogP contribution in [-0.4, -0.2) is 54.6 Å². The second kappa shape index (κ2) is 8.06. The van der Waals surface area contributed by atoms with E-state index in [2.05, 4.69) is 30.4 Å². The van der Waals surface area contributed by atoms with Gasteiger partial charge in [0.2, 0.25) is 11.5 Å². The first-order valence-corrected chi connectivity index (χ1v) is 10.4. The molecule has 0 unspecified atom stereocenters. The average molecular weight is 443 g/mol. The van der Waals surface area contributed by atoms with Gasteiger partial charge >= 0.3 is 0 Å². The Bertz CT molecular complexity index is 1340. The van der Waals surface area contributed by atoms with E-state index in [1.807, 2.05) is 31.2 Å². The van der Waals surface area contributed by atoms with Crippen molar-refractivity contribution >= 4 is 17.5 Å². The molecule has 0 saturated carbocycles. The average Bonchev–Trinajstić information content (AvgIpc) is 3.43. The molecule has 2 N–H and O–H groups in total. The van der Waals surface area contributed by atoms with Crippen LogP contribution in [0.1, 0.15) is 17.9 Å². The van der Waals surface area contributed by atoms with Crippen molar-refractivity contribution in [1.82, 2.24) is 30.0 Å². The van der Waals surface area contributed by atoms with E-state index in [1.54, 1.807) is 37.6 Å². The number of carbonyl (C=O) groups is 1. The number of hydrogen-bond donors (Lipinski definition) is 2. The van der Waals surface area contributed by atoms with Crippen molar-refractivity contribution in [1.29, 1.82) is 0 Å². The smallest absolute Gasteiger partial charge is 0.262 e. The number of likely N-dealkylation sites (N-methyl/N-ethyl adjacent to an activating group) is 1. The van der Waals surface area contributed by atoms with Crippen LogP contribution in [0.25, 0.3) is 22.8 Å². The van der Waals surface area contributed by atoms with Crippen LogP contribution in [0.5, 0.6) is 0 Å². The van der Waals surface area contributed by atoms with Crippen LogP contribution in [0.4, 0.5) is 11.6 Å². The van der Waals surface area contributed by atoms with Crippen molar-refractivity contribution in [2.75, 3.05) is 18.9 Å². The third-order valence-electron chi connectivity index (χ3n) is 5.61. The lowest BCUT2D eigenvalue weighted by Gasteiger charge is -2.16. The summed E-state index contributed by atoms with van der Waals surface area (Å²) in [6, 6.07) is 12.5. The summed E-state index contributed by atoms with van der Waals surface area (Å²) in [5.74, 6) is 0.127. The molecule has 0 radical (unpaired) electrons. The van der Waals surface area contributed by atoms with E-state index < -0.39 is 11.5 Å². The van der Waals surface area contributed by atoms with E-state index in [4.69, 9.17) is 4.52 Å². The quantitative estimate of drug-likeness (QED) is 0.478. The molecule has 4 aromatic heterocycles. The summed E-state index contributed by atoms with van der Waals surface area (Å²) in [7, 11) is 1.64. The molecule has 0 aliphatic carbocycles. The number of aliphatic hydroxyl groups is 1. The molecule has 33 heavy (non-hydrogen) atoms. The van der Waals surface area contributed by atoms with Crippen molar-refractivity contribution in [3.05, 3.63) is 66.3 Å². The zero-order valence-corrected chi connectivity index (χ0v) is 18.1. The van der Waals surface area contributed by atoms with Crippen molar-refractivity contribution in [2.24, 2.45) is 0 Å². The fourth-order valence-electron chi connectivity index (χ4n) is 3.69. The van der Waals surface area contributed by atoms with E-state index >= 15 is 0 Å². The van der Waals surface area contributed by atoms with Crippen molar-refractivity contribution in [3.8, 4) is 22.8 Å². The first kappa shape index (κ1) is 20.7. The lowest BCUT2D eigenvalue weighted by atomic mass is 9.98. The highest BCUT2D eigenvalue weighted by molar-refractivity contribution is 5.87. The molecular formula is C23H21N7O3. The minimum absolute atomic E-state index is 0.111. The van der Waals surface area contributed by atoms with Crippen LogP contribution in [0, 0.1) is 6.92 Å². The molecule has 10 nitrogen and oxygen atoms in total. The van der Waals surface area contributed by atoms with E-state index in [9.17, 15) is 9.90 Å². The van der Waals surface area contributed by atoms with Gasteiger partial charge in [-0.2, -0.15) is 0 Å². The van der Waals surface area contributed by atoms with Gasteiger partial charge in [0, 0.05) is 38.5 Å². The number of aryl methyl sites for hydroxylation is 1. The van der Waals surface area contributed by atoms with E-state index in [0.717, 1.165) is 11.4 Å². The lowest BCUT2D eigenvalue weighted by molar-refractivity contribution is -0.144. The summed E-state index contributed by atoms with van der Waals surface area (Å²) >= 11 is 0. The number of anilines is 2. The number of aromatic nitrogens is 5. The number of hydrogen-bond acceptors (Lipinski definition) is 9. The predicted octanol–water partition coefficient (Wildman–Crippen LogP) is 2.69. The van der Waals surface area contributed by atoms with Gasteiger partial charge in [-0.1, -0.05) is 11.2 Å². The van der Waals surface area contributed by atoms with Gasteiger partial charge in [0.15, 0.2) is 5.76 Å². The van der Waals surface area contributed by atoms with Crippen LogP contribution in [0.3, 0.4) is 0 Å². The molecule has 1 aliphatic rings. The van der Waals surface area contributed by atoms with Crippen molar-refractivity contribution in [2.45, 2.75) is 18.9 Å². The van der Waals surface area contributed by atoms with Gasteiger partial charge in [-0.25, -0.2) is 15.0 Å². The summed E-state index contributed by atoms with van der Waals surface area (Å²) in [6.07, 6.45) is 3.62. The van der Waals surface area contributed by atoms with Crippen LogP contribution in [0.2, 0.25) is 0 Å². The number of nitrogens with zero attached hydrogens (tertiary/aromatic N) is 6. The maximum absolute atomic E-state index is 12.3. The third kappa shape index (κ3) is 3.80. The lowest BCUT2D eigenvalue weighted by Crippen LogP contribution is -2.35. The van der Waals surface area contributed by atoms with Crippen molar-refractivity contribution < 1.29 is 14.4 Å². The molecule has 4 aromatic rings. The molecule has 1 amide bonds. The number of carbonyl (C=O) groups excluding carboxylic acids is 1. The molecule has 1 fully saturated rings. The zero-order valence-electron chi connectivity index (χ0n) is 18.1. The molecule has 0 aromatic carbocycles. The first-order chi connectivity index (χ1) is 15.9. The van der Waals surface area contributed by atoms with E-state index in [-0.39, 0.29) is 12.2 Å². The van der Waals surface area contributed by atoms with E-state index in [0.29, 0.717) is 35.3 Å². The summed E-state index contributed by atoms with van der Waals surface area (Å²) < 4.78 is 5.34. The molecule has 166 valence electrons. The minimum atomic E-state index is -1.70. The summed E-state index contributed by atoms with van der Waals surface area (Å²) in [5.41, 5.74) is 2.13. The normalized spacial score (nSPS) is 18.0. The Kier molecular flexibility index (Phi) is 5.06. The van der Waals surface area contributed by atoms with Gasteiger partial charge in [-0.05, 0) is 37.3 Å².